The Morgan fingerprint density at radius 2 is 1.95 bits per heavy atom. The number of ether oxygens (including phenoxy) is 1. The van der Waals surface area contributed by atoms with Crippen LogP contribution in [-0.2, 0) is 6.18 Å². The number of H-pyrrole nitrogens is 1. The Bertz CT molecular complexity index is 647. The lowest BCUT2D eigenvalue weighted by molar-refractivity contribution is -0.137. The molecule has 1 aromatic carbocycles. The maximum absolute atomic E-state index is 13.4. The van der Waals surface area contributed by atoms with Crippen LogP contribution >= 0.6 is 0 Å². The number of rotatable bonds is 5. The van der Waals surface area contributed by atoms with E-state index in [9.17, 15) is 13.2 Å². The SMILES string of the molecule is CC(C)c1nc2c(C(F)(F)F)c(OCCN(C)C)ccc2[nH]1. The molecule has 22 heavy (non-hydrogen) atoms. The minimum Gasteiger partial charge on any atom is -0.492 e. The zero-order chi connectivity index (χ0) is 16.5. The molecule has 0 atom stereocenters. The van der Waals surface area contributed by atoms with E-state index in [-0.39, 0.29) is 23.8 Å². The normalized spacial score (nSPS) is 12.6. The molecule has 0 spiro atoms. The number of halogens is 3. The second-order valence-corrected chi connectivity index (χ2v) is 5.76. The smallest absolute Gasteiger partial charge is 0.422 e. The molecule has 122 valence electrons. The van der Waals surface area contributed by atoms with E-state index in [1.165, 1.54) is 6.07 Å². The molecule has 0 fully saturated rings. The molecule has 1 heterocycles. The number of hydrogen-bond acceptors (Lipinski definition) is 3. The zero-order valence-electron chi connectivity index (χ0n) is 13.1. The van der Waals surface area contributed by atoms with Gasteiger partial charge in [-0.3, -0.25) is 0 Å². The van der Waals surface area contributed by atoms with E-state index in [1.54, 1.807) is 6.07 Å². The van der Waals surface area contributed by atoms with Crippen LogP contribution in [0.2, 0.25) is 0 Å². The average Bonchev–Trinajstić information content (AvgIpc) is 2.80. The Morgan fingerprint density at radius 3 is 2.50 bits per heavy atom. The number of hydrogen-bond donors (Lipinski definition) is 1. The zero-order valence-corrected chi connectivity index (χ0v) is 13.1. The summed E-state index contributed by atoms with van der Waals surface area (Å²) in [5.41, 5.74) is -0.526. The molecule has 0 bridgehead atoms. The summed E-state index contributed by atoms with van der Waals surface area (Å²) < 4.78 is 45.6. The van der Waals surface area contributed by atoms with E-state index in [0.717, 1.165) is 0 Å². The molecule has 4 nitrogen and oxygen atoms in total. The lowest BCUT2D eigenvalue weighted by Crippen LogP contribution is -2.20. The van der Waals surface area contributed by atoms with Crippen molar-refractivity contribution in [1.82, 2.24) is 14.9 Å². The van der Waals surface area contributed by atoms with Gasteiger partial charge < -0.3 is 14.6 Å². The van der Waals surface area contributed by atoms with Crippen LogP contribution in [0.25, 0.3) is 11.0 Å². The van der Waals surface area contributed by atoms with Crippen molar-refractivity contribution in [3.8, 4) is 5.75 Å². The molecule has 1 aromatic heterocycles. The topological polar surface area (TPSA) is 41.1 Å². The van der Waals surface area contributed by atoms with Crippen LogP contribution in [0.1, 0.15) is 31.2 Å². The summed E-state index contributed by atoms with van der Waals surface area (Å²) in [6, 6.07) is 2.93. The maximum Gasteiger partial charge on any atom is 0.422 e. The van der Waals surface area contributed by atoms with Crippen molar-refractivity contribution in [2.75, 3.05) is 27.2 Å². The van der Waals surface area contributed by atoms with Crippen LogP contribution in [0.5, 0.6) is 5.75 Å². The maximum atomic E-state index is 13.4. The summed E-state index contributed by atoms with van der Waals surface area (Å²) in [6.07, 6.45) is -4.52. The fraction of sp³-hybridized carbons (Fsp3) is 0.533. The second kappa shape index (κ2) is 6.16. The van der Waals surface area contributed by atoms with Gasteiger partial charge in [0.2, 0.25) is 0 Å². The number of nitrogens with one attached hydrogen (secondary N) is 1. The molecule has 7 heteroatoms. The first-order chi connectivity index (χ1) is 10.2. The Balaban J connectivity index is 2.47. The number of alkyl halides is 3. The number of nitrogens with zero attached hydrogens (tertiary/aromatic N) is 2. The second-order valence-electron chi connectivity index (χ2n) is 5.76. The summed E-state index contributed by atoms with van der Waals surface area (Å²) in [4.78, 5) is 8.90. The van der Waals surface area contributed by atoms with E-state index in [2.05, 4.69) is 9.97 Å². The molecule has 0 saturated carbocycles. The van der Waals surface area contributed by atoms with Crippen molar-refractivity contribution in [2.45, 2.75) is 25.9 Å². The predicted molar refractivity (Wildman–Crippen MR) is 79.2 cm³/mol. The summed E-state index contributed by atoms with van der Waals surface area (Å²) in [7, 11) is 3.67. The summed E-state index contributed by atoms with van der Waals surface area (Å²) in [6.45, 7) is 4.47. The fourth-order valence-corrected chi connectivity index (χ4v) is 2.08. The molecule has 0 aliphatic carbocycles. The highest BCUT2D eigenvalue weighted by molar-refractivity contribution is 5.82. The third kappa shape index (κ3) is 3.52. The standard InChI is InChI=1S/C15H20F3N3O/c1-9(2)14-19-10-5-6-11(22-8-7-21(3)4)12(13(10)20-14)15(16,17)18/h5-6,9H,7-8H2,1-4H3,(H,19,20). The van der Waals surface area contributed by atoms with E-state index in [1.807, 2.05) is 32.8 Å². The molecule has 0 amide bonds. The van der Waals surface area contributed by atoms with Crippen LogP contribution in [0.4, 0.5) is 13.2 Å². The third-order valence-corrected chi connectivity index (χ3v) is 3.26. The molecule has 2 aromatic rings. The van der Waals surface area contributed by atoms with Gasteiger partial charge in [0, 0.05) is 12.5 Å². The van der Waals surface area contributed by atoms with E-state index >= 15 is 0 Å². The highest BCUT2D eigenvalue weighted by Gasteiger charge is 2.38. The molecule has 1 N–H and O–H groups in total. The third-order valence-electron chi connectivity index (χ3n) is 3.26. The Kier molecular flexibility index (Phi) is 4.65. The Morgan fingerprint density at radius 1 is 1.27 bits per heavy atom. The van der Waals surface area contributed by atoms with Gasteiger partial charge in [-0.1, -0.05) is 13.8 Å². The van der Waals surface area contributed by atoms with E-state index in [0.29, 0.717) is 17.9 Å². The summed E-state index contributed by atoms with van der Waals surface area (Å²) >= 11 is 0. The molecule has 0 aliphatic rings. The highest BCUT2D eigenvalue weighted by Crippen LogP contribution is 2.40. The van der Waals surface area contributed by atoms with Crippen molar-refractivity contribution in [2.24, 2.45) is 0 Å². The van der Waals surface area contributed by atoms with Gasteiger partial charge in [-0.25, -0.2) is 4.98 Å². The van der Waals surface area contributed by atoms with E-state index in [4.69, 9.17) is 4.74 Å². The van der Waals surface area contributed by atoms with E-state index < -0.39 is 11.7 Å². The average molecular weight is 315 g/mol. The lowest BCUT2D eigenvalue weighted by atomic mass is 10.1. The van der Waals surface area contributed by atoms with Gasteiger partial charge in [0.25, 0.3) is 0 Å². The lowest BCUT2D eigenvalue weighted by Gasteiger charge is -2.16. The first-order valence-corrected chi connectivity index (χ1v) is 7.07. The number of benzene rings is 1. The van der Waals surface area contributed by atoms with Gasteiger partial charge in [-0.2, -0.15) is 13.2 Å². The Labute approximate surface area is 127 Å². The van der Waals surface area contributed by atoms with Gasteiger partial charge in [0.15, 0.2) is 0 Å². The quantitative estimate of drug-likeness (QED) is 0.916. The molecule has 2 rings (SSSR count). The van der Waals surface area contributed by atoms with Crippen molar-refractivity contribution in [1.29, 1.82) is 0 Å². The molecule has 0 unspecified atom stereocenters. The molecular weight excluding hydrogens is 295 g/mol. The van der Waals surface area contributed by atoms with Gasteiger partial charge in [-0.15, -0.1) is 0 Å². The Hall–Kier alpha value is -1.76. The summed E-state index contributed by atoms with van der Waals surface area (Å²) in [5, 5.41) is 0. The fourth-order valence-electron chi connectivity index (χ4n) is 2.08. The van der Waals surface area contributed by atoms with Crippen molar-refractivity contribution >= 4 is 11.0 Å². The number of imidazole rings is 1. The van der Waals surface area contributed by atoms with Gasteiger partial charge >= 0.3 is 6.18 Å². The van der Waals surface area contributed by atoms with Gasteiger partial charge in [0.05, 0.1) is 5.52 Å². The van der Waals surface area contributed by atoms with Crippen LogP contribution in [0.15, 0.2) is 12.1 Å². The van der Waals surface area contributed by atoms with Gasteiger partial charge in [0.1, 0.15) is 29.3 Å². The number of likely N-dealkylation sites (N-methyl/N-ethyl adjacent to an activating group) is 1. The van der Waals surface area contributed by atoms with Crippen molar-refractivity contribution in [3.63, 3.8) is 0 Å². The van der Waals surface area contributed by atoms with Gasteiger partial charge in [-0.05, 0) is 26.2 Å². The molecule has 0 radical (unpaired) electrons. The minimum atomic E-state index is -4.52. The monoisotopic (exact) mass is 315 g/mol. The predicted octanol–water partition coefficient (Wildman–Crippen LogP) is 3.65. The minimum absolute atomic E-state index is 0.0200. The van der Waals surface area contributed by atoms with Crippen LogP contribution in [0.3, 0.4) is 0 Å². The largest absolute Gasteiger partial charge is 0.492 e. The first-order valence-electron chi connectivity index (χ1n) is 7.07. The molecular formula is C15H20F3N3O. The van der Waals surface area contributed by atoms with Crippen LogP contribution < -0.4 is 4.74 Å². The van der Waals surface area contributed by atoms with Crippen LogP contribution in [0, 0.1) is 0 Å². The number of aromatic nitrogens is 2. The van der Waals surface area contributed by atoms with Crippen molar-refractivity contribution in [3.05, 3.63) is 23.5 Å². The number of aromatic amines is 1. The number of fused-ring (bicyclic) bond motifs is 1. The molecule has 0 aliphatic heterocycles. The first kappa shape index (κ1) is 16.6. The van der Waals surface area contributed by atoms with Crippen molar-refractivity contribution < 1.29 is 17.9 Å². The highest BCUT2D eigenvalue weighted by atomic mass is 19.4. The molecule has 0 saturated heterocycles. The van der Waals surface area contributed by atoms with Crippen LogP contribution in [-0.4, -0.2) is 42.1 Å². The summed E-state index contributed by atoms with van der Waals surface area (Å²) in [5.74, 6) is 0.376.